The van der Waals surface area contributed by atoms with E-state index >= 15 is 0 Å². The summed E-state index contributed by atoms with van der Waals surface area (Å²) >= 11 is 6.14. The largest absolute Gasteiger partial charge is 0.314 e. The van der Waals surface area contributed by atoms with Gasteiger partial charge in [0.15, 0.2) is 0 Å². The molecule has 0 spiro atoms. The van der Waals surface area contributed by atoms with Gasteiger partial charge in [-0.15, -0.1) is 0 Å². The molecule has 1 heterocycles. The lowest BCUT2D eigenvalue weighted by Crippen LogP contribution is -2.57. The molecule has 1 N–H and O–H groups in total. The van der Waals surface area contributed by atoms with Crippen molar-refractivity contribution in [3.05, 3.63) is 38.9 Å². The minimum absolute atomic E-state index is 0.0364. The summed E-state index contributed by atoms with van der Waals surface area (Å²) in [6.07, 6.45) is 0. The maximum atomic E-state index is 11.1. The van der Waals surface area contributed by atoms with Gasteiger partial charge >= 0.3 is 0 Å². The van der Waals surface area contributed by atoms with Crippen LogP contribution in [0.1, 0.15) is 19.4 Å². The van der Waals surface area contributed by atoms with Crippen LogP contribution in [0, 0.1) is 10.1 Å². The predicted molar refractivity (Wildman–Crippen MR) is 75.5 cm³/mol. The summed E-state index contributed by atoms with van der Waals surface area (Å²) in [4.78, 5) is 13.0. The molecular formula is C13H18ClN3O2. The second-order valence-corrected chi connectivity index (χ2v) is 5.81. The third kappa shape index (κ3) is 3.05. The predicted octanol–water partition coefficient (Wildman–Crippen LogP) is 2.43. The molecule has 1 saturated heterocycles. The molecule has 6 heteroatoms. The first-order chi connectivity index (χ1) is 8.92. The van der Waals surface area contributed by atoms with E-state index in [1.807, 2.05) is 0 Å². The molecule has 1 fully saturated rings. The van der Waals surface area contributed by atoms with Gasteiger partial charge in [-0.1, -0.05) is 17.7 Å². The lowest BCUT2D eigenvalue weighted by molar-refractivity contribution is -0.385. The minimum atomic E-state index is -0.365. The monoisotopic (exact) mass is 283 g/mol. The van der Waals surface area contributed by atoms with E-state index < -0.39 is 0 Å². The van der Waals surface area contributed by atoms with Crippen LogP contribution in [0.4, 0.5) is 5.69 Å². The lowest BCUT2D eigenvalue weighted by atomic mass is 9.99. The Morgan fingerprint density at radius 2 is 2.26 bits per heavy atom. The van der Waals surface area contributed by atoms with E-state index in [2.05, 4.69) is 24.1 Å². The maximum Gasteiger partial charge on any atom is 0.275 e. The molecule has 0 aliphatic carbocycles. The van der Waals surface area contributed by atoms with Crippen molar-refractivity contribution in [3.8, 4) is 0 Å². The summed E-state index contributed by atoms with van der Waals surface area (Å²) in [5.74, 6) is 0. The van der Waals surface area contributed by atoms with Crippen molar-refractivity contribution in [1.82, 2.24) is 10.2 Å². The topological polar surface area (TPSA) is 58.4 Å². The zero-order chi connectivity index (χ0) is 14.0. The first-order valence-corrected chi connectivity index (χ1v) is 6.67. The highest BCUT2D eigenvalue weighted by Gasteiger charge is 2.31. The molecule has 1 aliphatic rings. The minimum Gasteiger partial charge on any atom is -0.314 e. The van der Waals surface area contributed by atoms with Gasteiger partial charge in [0.2, 0.25) is 0 Å². The van der Waals surface area contributed by atoms with E-state index in [1.165, 1.54) is 6.07 Å². The number of piperazine rings is 1. The second kappa shape index (κ2) is 5.45. The molecule has 0 unspecified atom stereocenters. The number of nitrogens with one attached hydrogen (secondary N) is 1. The second-order valence-electron chi connectivity index (χ2n) is 5.41. The molecule has 1 aromatic rings. The first-order valence-electron chi connectivity index (χ1n) is 6.29. The zero-order valence-electron chi connectivity index (χ0n) is 11.1. The van der Waals surface area contributed by atoms with Gasteiger partial charge < -0.3 is 5.32 Å². The summed E-state index contributed by atoms with van der Waals surface area (Å²) in [7, 11) is 0. The van der Waals surface area contributed by atoms with Gasteiger partial charge in [0.25, 0.3) is 5.69 Å². The van der Waals surface area contributed by atoms with Gasteiger partial charge in [0, 0.05) is 37.8 Å². The molecule has 0 saturated carbocycles. The van der Waals surface area contributed by atoms with E-state index in [0.717, 1.165) is 19.6 Å². The van der Waals surface area contributed by atoms with Crippen molar-refractivity contribution >= 4 is 17.3 Å². The summed E-state index contributed by atoms with van der Waals surface area (Å²) in [6, 6.07) is 4.84. The van der Waals surface area contributed by atoms with Crippen LogP contribution in [-0.2, 0) is 6.54 Å². The lowest BCUT2D eigenvalue weighted by Gasteiger charge is -2.42. The number of rotatable bonds is 3. The van der Waals surface area contributed by atoms with Gasteiger partial charge in [-0.25, -0.2) is 0 Å². The summed E-state index contributed by atoms with van der Waals surface area (Å²) in [5, 5.41) is 14.9. The van der Waals surface area contributed by atoms with E-state index in [4.69, 9.17) is 11.6 Å². The molecule has 0 amide bonds. The Morgan fingerprint density at radius 1 is 1.53 bits per heavy atom. The van der Waals surface area contributed by atoms with Gasteiger partial charge in [-0.2, -0.15) is 0 Å². The fourth-order valence-corrected chi connectivity index (χ4v) is 2.61. The van der Waals surface area contributed by atoms with Crippen LogP contribution in [0.3, 0.4) is 0 Å². The average molecular weight is 284 g/mol. The summed E-state index contributed by atoms with van der Waals surface area (Å²) < 4.78 is 0. The van der Waals surface area contributed by atoms with E-state index in [-0.39, 0.29) is 16.1 Å². The average Bonchev–Trinajstić information content (AvgIpc) is 2.33. The zero-order valence-corrected chi connectivity index (χ0v) is 11.9. The number of hydrogen-bond donors (Lipinski definition) is 1. The number of nitro groups is 1. The van der Waals surface area contributed by atoms with E-state index in [1.54, 1.807) is 12.1 Å². The summed E-state index contributed by atoms with van der Waals surface area (Å²) in [6.45, 7) is 7.37. The van der Waals surface area contributed by atoms with Crippen LogP contribution in [0.25, 0.3) is 0 Å². The molecule has 0 radical (unpaired) electrons. The smallest absolute Gasteiger partial charge is 0.275 e. The highest BCUT2D eigenvalue weighted by Crippen LogP contribution is 2.30. The molecule has 1 aliphatic heterocycles. The standard InChI is InChI=1S/C13H18ClN3O2/c1-13(2)9-15-6-7-16(13)8-10-11(14)4-3-5-12(10)17(18)19/h3-5,15H,6-9H2,1-2H3. The van der Waals surface area contributed by atoms with Crippen molar-refractivity contribution < 1.29 is 4.92 Å². The molecule has 2 rings (SSSR count). The molecule has 104 valence electrons. The Hall–Kier alpha value is -1.17. The maximum absolute atomic E-state index is 11.1. The van der Waals surface area contributed by atoms with Crippen LogP contribution in [-0.4, -0.2) is 35.0 Å². The Labute approximate surface area is 117 Å². The molecule has 5 nitrogen and oxygen atoms in total. The number of halogens is 1. The summed E-state index contributed by atoms with van der Waals surface area (Å²) in [5.41, 5.74) is 0.664. The van der Waals surface area contributed by atoms with E-state index in [0.29, 0.717) is 17.1 Å². The Bertz CT molecular complexity index is 491. The molecule has 1 aromatic carbocycles. The van der Waals surface area contributed by atoms with Gasteiger partial charge in [0.05, 0.1) is 15.5 Å². The molecule has 0 atom stereocenters. The Kier molecular flexibility index (Phi) is 4.08. The van der Waals surface area contributed by atoms with Gasteiger partial charge in [0.1, 0.15) is 0 Å². The van der Waals surface area contributed by atoms with E-state index in [9.17, 15) is 10.1 Å². The first kappa shape index (κ1) is 14.2. The molecule has 0 bridgehead atoms. The van der Waals surface area contributed by atoms with Crippen molar-refractivity contribution in [2.24, 2.45) is 0 Å². The number of nitro benzene ring substituents is 1. The van der Waals surface area contributed by atoms with Crippen LogP contribution in [0.2, 0.25) is 5.02 Å². The molecule has 19 heavy (non-hydrogen) atoms. The number of hydrogen-bond acceptors (Lipinski definition) is 4. The highest BCUT2D eigenvalue weighted by atomic mass is 35.5. The van der Waals surface area contributed by atoms with Crippen molar-refractivity contribution in [2.45, 2.75) is 25.9 Å². The Balaban J connectivity index is 2.30. The van der Waals surface area contributed by atoms with Crippen molar-refractivity contribution in [3.63, 3.8) is 0 Å². The molecular weight excluding hydrogens is 266 g/mol. The number of nitrogens with zero attached hydrogens (tertiary/aromatic N) is 2. The van der Waals surface area contributed by atoms with Crippen LogP contribution < -0.4 is 5.32 Å². The van der Waals surface area contributed by atoms with Gasteiger partial charge in [-0.05, 0) is 19.9 Å². The highest BCUT2D eigenvalue weighted by molar-refractivity contribution is 6.31. The number of benzene rings is 1. The quantitative estimate of drug-likeness (QED) is 0.684. The van der Waals surface area contributed by atoms with Crippen molar-refractivity contribution in [1.29, 1.82) is 0 Å². The fraction of sp³-hybridized carbons (Fsp3) is 0.538. The Morgan fingerprint density at radius 3 is 2.89 bits per heavy atom. The normalized spacial score (nSPS) is 19.3. The SMILES string of the molecule is CC1(C)CNCCN1Cc1c(Cl)cccc1[N+](=O)[O-]. The molecule has 0 aromatic heterocycles. The van der Waals surface area contributed by atoms with Crippen LogP contribution >= 0.6 is 11.6 Å². The fourth-order valence-electron chi connectivity index (χ4n) is 2.38. The van der Waals surface area contributed by atoms with Crippen LogP contribution in [0.15, 0.2) is 18.2 Å². The van der Waals surface area contributed by atoms with Gasteiger partial charge in [-0.3, -0.25) is 15.0 Å². The van der Waals surface area contributed by atoms with Crippen LogP contribution in [0.5, 0.6) is 0 Å². The third-order valence-corrected chi connectivity index (χ3v) is 3.97. The van der Waals surface area contributed by atoms with Crippen molar-refractivity contribution in [2.75, 3.05) is 19.6 Å². The third-order valence-electron chi connectivity index (χ3n) is 3.61.